The Morgan fingerprint density at radius 3 is 2.94 bits per heavy atom. The van der Waals surface area contributed by atoms with Gasteiger partial charge in [0.25, 0.3) is 0 Å². The Kier molecular flexibility index (Phi) is 4.18. The Morgan fingerprint density at radius 1 is 1.50 bits per heavy atom. The third kappa shape index (κ3) is 2.81. The molecule has 4 nitrogen and oxygen atoms in total. The van der Waals surface area contributed by atoms with Crippen LogP contribution in [0.25, 0.3) is 0 Å². The van der Waals surface area contributed by atoms with Crippen molar-refractivity contribution in [2.24, 2.45) is 0 Å². The minimum Gasteiger partial charge on any atom is -0.497 e. The molecule has 0 fully saturated rings. The van der Waals surface area contributed by atoms with Gasteiger partial charge in [-0.05, 0) is 29.7 Å². The second-order valence-corrected chi connectivity index (χ2v) is 5.45. The maximum atomic E-state index is 9.07. The van der Waals surface area contributed by atoms with Gasteiger partial charge in [-0.1, -0.05) is 18.7 Å². The lowest BCUT2D eigenvalue weighted by Gasteiger charge is -2.04. The topological polar surface area (TPSA) is 58.8 Å². The zero-order valence-electron chi connectivity index (χ0n) is 10.0. The molecule has 0 saturated carbocycles. The first-order valence-corrected chi connectivity index (χ1v) is 6.94. The number of methoxy groups -OCH3 is 1. The highest BCUT2D eigenvalue weighted by atomic mass is 32.2. The first kappa shape index (κ1) is 12.9. The van der Waals surface area contributed by atoms with E-state index >= 15 is 0 Å². The van der Waals surface area contributed by atoms with Crippen LogP contribution in [-0.4, -0.2) is 16.5 Å². The number of nitrogens with zero attached hydrogens (tertiary/aromatic N) is 3. The number of rotatable bonds is 4. The molecule has 1 aromatic carbocycles. The van der Waals surface area contributed by atoms with Gasteiger partial charge in [0.1, 0.15) is 17.6 Å². The SMILES string of the molecule is CCc1nsc(Sc2cc(OC)ccc2C#N)n1. The van der Waals surface area contributed by atoms with Crippen LogP contribution in [0.1, 0.15) is 18.3 Å². The van der Waals surface area contributed by atoms with Crippen LogP contribution in [0.5, 0.6) is 5.75 Å². The number of ether oxygens (including phenoxy) is 1. The summed E-state index contributed by atoms with van der Waals surface area (Å²) in [5.41, 5.74) is 0.619. The highest BCUT2D eigenvalue weighted by Crippen LogP contribution is 2.33. The van der Waals surface area contributed by atoms with Gasteiger partial charge in [-0.25, -0.2) is 4.98 Å². The fraction of sp³-hybridized carbons (Fsp3) is 0.250. The summed E-state index contributed by atoms with van der Waals surface area (Å²) >= 11 is 2.80. The van der Waals surface area contributed by atoms with E-state index in [0.29, 0.717) is 5.56 Å². The van der Waals surface area contributed by atoms with E-state index in [0.717, 1.165) is 27.2 Å². The summed E-state index contributed by atoms with van der Waals surface area (Å²) in [6.45, 7) is 2.02. The van der Waals surface area contributed by atoms with Crippen LogP contribution >= 0.6 is 23.3 Å². The summed E-state index contributed by atoms with van der Waals surface area (Å²) in [6.07, 6.45) is 0.820. The molecule has 0 saturated heterocycles. The van der Waals surface area contributed by atoms with Gasteiger partial charge in [0.05, 0.1) is 12.7 Å². The van der Waals surface area contributed by atoms with E-state index in [4.69, 9.17) is 10.00 Å². The molecule has 0 radical (unpaired) electrons. The highest BCUT2D eigenvalue weighted by molar-refractivity contribution is 8.01. The lowest BCUT2D eigenvalue weighted by molar-refractivity contribution is 0.413. The fourth-order valence-electron chi connectivity index (χ4n) is 1.32. The molecule has 0 atom stereocenters. The Hall–Kier alpha value is -1.58. The second-order valence-electron chi connectivity index (χ2n) is 3.41. The third-order valence-electron chi connectivity index (χ3n) is 2.27. The van der Waals surface area contributed by atoms with E-state index in [-0.39, 0.29) is 0 Å². The number of hydrogen-bond donors (Lipinski definition) is 0. The number of aryl methyl sites for hydroxylation is 1. The van der Waals surface area contributed by atoms with Gasteiger partial charge in [-0.3, -0.25) is 0 Å². The molecule has 18 heavy (non-hydrogen) atoms. The third-order valence-corrected chi connectivity index (χ3v) is 4.12. The maximum absolute atomic E-state index is 9.07. The summed E-state index contributed by atoms with van der Waals surface area (Å²) in [5, 5.41) is 9.07. The maximum Gasteiger partial charge on any atom is 0.174 e. The van der Waals surface area contributed by atoms with Gasteiger partial charge in [0.2, 0.25) is 0 Å². The van der Waals surface area contributed by atoms with E-state index in [1.54, 1.807) is 19.2 Å². The largest absolute Gasteiger partial charge is 0.497 e. The van der Waals surface area contributed by atoms with E-state index in [2.05, 4.69) is 15.4 Å². The van der Waals surface area contributed by atoms with Crippen molar-refractivity contribution in [1.29, 1.82) is 5.26 Å². The average molecular weight is 277 g/mol. The minimum absolute atomic E-state index is 0.619. The molecule has 6 heteroatoms. The zero-order valence-corrected chi connectivity index (χ0v) is 11.6. The van der Waals surface area contributed by atoms with Crippen molar-refractivity contribution in [3.8, 4) is 11.8 Å². The lowest BCUT2D eigenvalue weighted by Crippen LogP contribution is -1.86. The van der Waals surface area contributed by atoms with Crippen LogP contribution in [-0.2, 0) is 6.42 Å². The predicted molar refractivity (Wildman–Crippen MR) is 71.1 cm³/mol. The summed E-state index contributed by atoms with van der Waals surface area (Å²) in [4.78, 5) is 5.22. The van der Waals surface area contributed by atoms with E-state index in [9.17, 15) is 0 Å². The molecule has 1 heterocycles. The van der Waals surface area contributed by atoms with Crippen LogP contribution in [0.2, 0.25) is 0 Å². The number of hydrogen-bond acceptors (Lipinski definition) is 6. The molecule has 0 spiro atoms. The standard InChI is InChI=1S/C12H11N3OS2/c1-3-11-14-12(18-15-11)17-10-6-9(16-2)5-4-8(10)7-13/h4-6H,3H2,1-2H3. The minimum atomic E-state index is 0.619. The van der Waals surface area contributed by atoms with Crippen LogP contribution < -0.4 is 4.74 Å². The molecular formula is C12H11N3OS2. The second kappa shape index (κ2) is 5.85. The quantitative estimate of drug-likeness (QED) is 0.859. The first-order valence-electron chi connectivity index (χ1n) is 5.35. The molecule has 0 aliphatic rings. The number of benzene rings is 1. The van der Waals surface area contributed by atoms with Crippen molar-refractivity contribution in [2.75, 3.05) is 7.11 Å². The van der Waals surface area contributed by atoms with Gasteiger partial charge >= 0.3 is 0 Å². The van der Waals surface area contributed by atoms with Gasteiger partial charge in [-0.2, -0.15) is 9.64 Å². The summed E-state index contributed by atoms with van der Waals surface area (Å²) < 4.78 is 10.2. The van der Waals surface area contributed by atoms with Crippen LogP contribution in [0.4, 0.5) is 0 Å². The molecule has 2 rings (SSSR count). The number of nitriles is 1. The monoisotopic (exact) mass is 277 g/mol. The van der Waals surface area contributed by atoms with Crippen molar-refractivity contribution < 1.29 is 4.74 Å². The van der Waals surface area contributed by atoms with Crippen molar-refractivity contribution in [3.05, 3.63) is 29.6 Å². The molecule has 92 valence electrons. The van der Waals surface area contributed by atoms with Crippen LogP contribution in [0.15, 0.2) is 27.4 Å². The summed E-state index contributed by atoms with van der Waals surface area (Å²) in [5.74, 6) is 1.57. The summed E-state index contributed by atoms with van der Waals surface area (Å²) in [6, 6.07) is 7.54. The lowest BCUT2D eigenvalue weighted by atomic mass is 10.2. The zero-order chi connectivity index (χ0) is 13.0. The molecule has 0 amide bonds. The van der Waals surface area contributed by atoms with Crippen molar-refractivity contribution in [2.45, 2.75) is 22.6 Å². The highest BCUT2D eigenvalue weighted by Gasteiger charge is 2.09. The van der Waals surface area contributed by atoms with Gasteiger partial charge in [-0.15, -0.1) is 0 Å². The van der Waals surface area contributed by atoms with Gasteiger partial charge in [0, 0.05) is 11.3 Å². The predicted octanol–water partition coefficient (Wildman–Crippen LogP) is 3.13. The Labute approximate surface area is 114 Å². The van der Waals surface area contributed by atoms with E-state index < -0.39 is 0 Å². The Bertz CT molecular complexity index is 589. The van der Waals surface area contributed by atoms with Crippen LogP contribution in [0.3, 0.4) is 0 Å². The number of aromatic nitrogens is 2. The fourth-order valence-corrected chi connectivity index (χ4v) is 3.09. The molecule has 2 aromatic rings. The molecule has 0 aliphatic heterocycles. The van der Waals surface area contributed by atoms with Crippen molar-refractivity contribution >= 4 is 23.3 Å². The molecule has 0 bridgehead atoms. The Balaban J connectivity index is 2.29. The van der Waals surface area contributed by atoms with Gasteiger partial charge in [0.15, 0.2) is 4.34 Å². The molecule has 1 aromatic heterocycles. The van der Waals surface area contributed by atoms with E-state index in [1.807, 2.05) is 13.0 Å². The molecule has 0 N–H and O–H groups in total. The normalized spacial score (nSPS) is 10.1. The molecular weight excluding hydrogens is 266 g/mol. The van der Waals surface area contributed by atoms with E-state index in [1.165, 1.54) is 23.3 Å². The first-order chi connectivity index (χ1) is 8.76. The average Bonchev–Trinajstić information content (AvgIpc) is 2.86. The van der Waals surface area contributed by atoms with Gasteiger partial charge < -0.3 is 4.74 Å². The van der Waals surface area contributed by atoms with Crippen molar-refractivity contribution in [1.82, 2.24) is 9.36 Å². The Morgan fingerprint density at radius 2 is 2.33 bits per heavy atom. The molecule has 0 unspecified atom stereocenters. The van der Waals surface area contributed by atoms with Crippen molar-refractivity contribution in [3.63, 3.8) is 0 Å². The summed E-state index contributed by atoms with van der Waals surface area (Å²) in [7, 11) is 1.61. The molecule has 0 aliphatic carbocycles. The smallest absolute Gasteiger partial charge is 0.174 e. The van der Waals surface area contributed by atoms with Crippen LogP contribution in [0, 0.1) is 11.3 Å².